The molecule has 3 aromatic carbocycles. The molecule has 0 aliphatic heterocycles. The maximum absolute atomic E-state index is 11.9. The molecule has 5 nitrogen and oxygen atoms in total. The summed E-state index contributed by atoms with van der Waals surface area (Å²) in [6.07, 6.45) is 1.72. The van der Waals surface area contributed by atoms with Crippen LogP contribution in [0.15, 0.2) is 95.1 Å². The van der Waals surface area contributed by atoms with Gasteiger partial charge in [-0.1, -0.05) is 89.7 Å². The summed E-state index contributed by atoms with van der Waals surface area (Å²) in [5, 5.41) is 12.5. The molecule has 1 N–H and O–H groups in total. The summed E-state index contributed by atoms with van der Waals surface area (Å²) >= 11 is 1.39. The van der Waals surface area contributed by atoms with E-state index in [0.717, 1.165) is 27.5 Å². The fraction of sp³-hybridized carbons (Fsp3) is 0.0800. The van der Waals surface area contributed by atoms with Gasteiger partial charge in [0.05, 0.1) is 11.9 Å². The Labute approximate surface area is 185 Å². The van der Waals surface area contributed by atoms with Crippen molar-refractivity contribution >= 4 is 28.5 Å². The lowest BCUT2D eigenvalue weighted by molar-refractivity contribution is -0.114. The fourth-order valence-electron chi connectivity index (χ4n) is 3.17. The van der Waals surface area contributed by atoms with Crippen LogP contribution in [-0.2, 0) is 4.79 Å². The zero-order valence-electron chi connectivity index (χ0n) is 17.3. The van der Waals surface area contributed by atoms with Gasteiger partial charge in [-0.25, -0.2) is 0 Å². The molecule has 6 heteroatoms. The van der Waals surface area contributed by atoms with Gasteiger partial charge >= 0.3 is 0 Å². The summed E-state index contributed by atoms with van der Waals surface area (Å²) in [6, 6.07) is 28.0. The van der Waals surface area contributed by atoms with Gasteiger partial charge in [-0.15, -0.1) is 5.10 Å². The zero-order chi connectivity index (χ0) is 21.6. The quantitative estimate of drug-likeness (QED) is 0.337. The highest BCUT2D eigenvalue weighted by atomic mass is 32.1. The smallest absolute Gasteiger partial charge is 0.221 e. The molecule has 4 aromatic rings. The molecule has 0 aliphatic carbocycles. The number of anilines is 1. The van der Waals surface area contributed by atoms with Crippen molar-refractivity contribution in [3.8, 4) is 16.9 Å². The normalized spacial score (nSPS) is 11.7. The van der Waals surface area contributed by atoms with Gasteiger partial charge < -0.3 is 5.32 Å². The SMILES string of the molecule is CC(=O)Nc1s/c(=N/N=C/c2ccccc2)n(-c2ccc(C)cc2)c1-c1ccccc1. The number of nitrogens with one attached hydrogen (secondary N) is 1. The summed E-state index contributed by atoms with van der Waals surface area (Å²) in [6.45, 7) is 3.56. The highest BCUT2D eigenvalue weighted by molar-refractivity contribution is 7.14. The molecule has 0 spiro atoms. The molecule has 0 bridgehead atoms. The highest BCUT2D eigenvalue weighted by Crippen LogP contribution is 2.33. The molecule has 0 fully saturated rings. The van der Waals surface area contributed by atoms with Crippen molar-refractivity contribution in [2.24, 2.45) is 10.2 Å². The van der Waals surface area contributed by atoms with Crippen LogP contribution in [0.2, 0.25) is 0 Å². The Bertz CT molecular complexity index is 1270. The predicted octanol–water partition coefficient (Wildman–Crippen LogP) is 5.41. The van der Waals surface area contributed by atoms with Crippen molar-refractivity contribution in [2.75, 3.05) is 5.32 Å². The number of thiazole rings is 1. The molecule has 4 rings (SSSR count). The monoisotopic (exact) mass is 426 g/mol. The molecule has 0 atom stereocenters. The molecule has 31 heavy (non-hydrogen) atoms. The molecule has 154 valence electrons. The summed E-state index contributed by atoms with van der Waals surface area (Å²) in [7, 11) is 0. The number of aryl methyl sites for hydroxylation is 1. The van der Waals surface area contributed by atoms with Crippen LogP contribution in [0.1, 0.15) is 18.1 Å². The Hall–Kier alpha value is -3.77. The van der Waals surface area contributed by atoms with Crippen molar-refractivity contribution < 1.29 is 4.79 Å². The van der Waals surface area contributed by atoms with Crippen LogP contribution in [0.25, 0.3) is 16.9 Å². The van der Waals surface area contributed by atoms with Gasteiger partial charge in [0.15, 0.2) is 0 Å². The number of hydrogen-bond acceptors (Lipinski definition) is 4. The largest absolute Gasteiger partial charge is 0.316 e. The van der Waals surface area contributed by atoms with Gasteiger partial charge in [0.2, 0.25) is 10.7 Å². The van der Waals surface area contributed by atoms with Crippen molar-refractivity contribution in [1.82, 2.24) is 4.57 Å². The topological polar surface area (TPSA) is 58.8 Å². The fourth-order valence-corrected chi connectivity index (χ4v) is 4.22. The van der Waals surface area contributed by atoms with E-state index >= 15 is 0 Å². The van der Waals surface area contributed by atoms with E-state index in [2.05, 4.69) is 34.6 Å². The van der Waals surface area contributed by atoms with Crippen molar-refractivity contribution in [1.29, 1.82) is 0 Å². The third-order valence-electron chi connectivity index (χ3n) is 4.60. The van der Waals surface area contributed by atoms with Crippen molar-refractivity contribution in [2.45, 2.75) is 13.8 Å². The third-order valence-corrected chi connectivity index (χ3v) is 5.55. The van der Waals surface area contributed by atoms with Crippen molar-refractivity contribution in [3.63, 3.8) is 0 Å². The minimum absolute atomic E-state index is 0.131. The molecule has 1 aromatic heterocycles. The van der Waals surface area contributed by atoms with E-state index in [1.54, 1.807) is 6.21 Å². The van der Waals surface area contributed by atoms with Gasteiger partial charge in [0, 0.05) is 18.2 Å². The number of nitrogens with zero attached hydrogens (tertiary/aromatic N) is 3. The maximum Gasteiger partial charge on any atom is 0.221 e. The molecule has 1 amide bonds. The molecular formula is C25H22N4OS. The van der Waals surface area contributed by atoms with E-state index in [4.69, 9.17) is 0 Å². The first-order valence-corrected chi connectivity index (χ1v) is 10.7. The van der Waals surface area contributed by atoms with E-state index in [1.807, 2.05) is 77.4 Å². The average molecular weight is 427 g/mol. The Kier molecular flexibility index (Phi) is 6.19. The van der Waals surface area contributed by atoms with E-state index in [9.17, 15) is 4.79 Å². The van der Waals surface area contributed by atoms with Crippen LogP contribution in [0.4, 0.5) is 5.00 Å². The van der Waals surface area contributed by atoms with E-state index in [1.165, 1.54) is 23.8 Å². The van der Waals surface area contributed by atoms with Crippen molar-refractivity contribution in [3.05, 3.63) is 101 Å². The number of carbonyl (C=O) groups is 1. The minimum atomic E-state index is -0.131. The predicted molar refractivity (Wildman–Crippen MR) is 128 cm³/mol. The lowest BCUT2D eigenvalue weighted by Gasteiger charge is -2.11. The van der Waals surface area contributed by atoms with E-state index in [0.29, 0.717) is 4.80 Å². The first-order valence-electron chi connectivity index (χ1n) is 9.90. The molecule has 0 saturated carbocycles. The van der Waals surface area contributed by atoms with Crippen LogP contribution in [0.3, 0.4) is 0 Å². The molecule has 0 radical (unpaired) electrons. The lowest BCUT2D eigenvalue weighted by Crippen LogP contribution is -2.14. The van der Waals surface area contributed by atoms with Crippen LogP contribution in [-0.4, -0.2) is 16.7 Å². The summed E-state index contributed by atoms with van der Waals surface area (Å²) in [5.74, 6) is -0.131. The second-order valence-electron chi connectivity index (χ2n) is 7.04. The zero-order valence-corrected chi connectivity index (χ0v) is 18.1. The first kappa shape index (κ1) is 20.5. The number of hydrogen-bond donors (Lipinski definition) is 1. The molecule has 1 heterocycles. The number of benzene rings is 3. The minimum Gasteiger partial charge on any atom is -0.316 e. The van der Waals surface area contributed by atoms with Gasteiger partial charge in [-0.05, 0) is 24.6 Å². The first-order chi connectivity index (χ1) is 15.1. The van der Waals surface area contributed by atoms with Crippen LogP contribution in [0, 0.1) is 6.92 Å². The number of rotatable bonds is 5. The van der Waals surface area contributed by atoms with Gasteiger partial charge in [0.1, 0.15) is 5.00 Å². The number of aromatic nitrogens is 1. The van der Waals surface area contributed by atoms with E-state index in [-0.39, 0.29) is 5.91 Å². The number of amides is 1. The Morgan fingerprint density at radius 2 is 1.58 bits per heavy atom. The second kappa shape index (κ2) is 9.36. The van der Waals surface area contributed by atoms with Crippen LogP contribution < -0.4 is 10.1 Å². The maximum atomic E-state index is 11.9. The van der Waals surface area contributed by atoms with Crippen LogP contribution >= 0.6 is 11.3 Å². The Morgan fingerprint density at radius 3 is 2.23 bits per heavy atom. The summed E-state index contributed by atoms with van der Waals surface area (Å²) in [4.78, 5) is 12.6. The molecule has 0 unspecified atom stereocenters. The molecule has 0 saturated heterocycles. The van der Waals surface area contributed by atoms with E-state index < -0.39 is 0 Å². The third kappa shape index (κ3) is 4.87. The number of carbonyl (C=O) groups excluding carboxylic acids is 1. The van der Waals surface area contributed by atoms with Gasteiger partial charge in [0.25, 0.3) is 0 Å². The molecular weight excluding hydrogens is 404 g/mol. The lowest BCUT2D eigenvalue weighted by atomic mass is 10.1. The summed E-state index contributed by atoms with van der Waals surface area (Å²) < 4.78 is 2.03. The molecule has 0 aliphatic rings. The van der Waals surface area contributed by atoms with Crippen LogP contribution in [0.5, 0.6) is 0 Å². The standard InChI is InChI=1S/C25H22N4OS/c1-18-13-15-22(16-14-18)29-23(21-11-7-4-8-12-21)24(27-19(2)30)31-25(29)28-26-17-20-9-5-3-6-10-20/h3-17H,1-2H3,(H,27,30)/b26-17+,28-25+. The van der Waals surface area contributed by atoms with Gasteiger partial charge in [-0.2, -0.15) is 5.10 Å². The van der Waals surface area contributed by atoms with Gasteiger partial charge in [-0.3, -0.25) is 9.36 Å². The summed E-state index contributed by atoms with van der Waals surface area (Å²) in [5.41, 5.74) is 4.94. The Morgan fingerprint density at radius 1 is 0.935 bits per heavy atom. The Balaban J connectivity index is 1.94. The highest BCUT2D eigenvalue weighted by Gasteiger charge is 2.18. The second-order valence-corrected chi connectivity index (χ2v) is 8.01. The average Bonchev–Trinajstić information content (AvgIpc) is 3.13.